The van der Waals surface area contributed by atoms with E-state index in [-0.39, 0.29) is 33.8 Å². The van der Waals surface area contributed by atoms with E-state index < -0.39 is 23.5 Å². The number of halogens is 6. The molecule has 0 spiro atoms. The summed E-state index contributed by atoms with van der Waals surface area (Å²) in [6.45, 7) is 13.0. The Morgan fingerprint density at radius 3 is 1.18 bits per heavy atom. The number of fused-ring (bicyclic) bond motifs is 8. The lowest BCUT2D eigenvalue weighted by Gasteiger charge is -2.10. The van der Waals surface area contributed by atoms with Gasteiger partial charge in [0.25, 0.3) is 0 Å². The van der Waals surface area contributed by atoms with Crippen LogP contribution in [-0.2, 0) is 12.4 Å². The fourth-order valence-electron chi connectivity index (χ4n) is 5.36. The summed E-state index contributed by atoms with van der Waals surface area (Å²) in [5, 5.41) is 0. The molecule has 5 heterocycles. The Kier molecular flexibility index (Phi) is 6.13. The van der Waals surface area contributed by atoms with Gasteiger partial charge >= 0.3 is 12.4 Å². The van der Waals surface area contributed by atoms with Gasteiger partial charge in [-0.25, -0.2) is 9.97 Å². The zero-order valence-electron chi connectivity index (χ0n) is 23.3. The predicted octanol–water partition coefficient (Wildman–Crippen LogP) is 9.49. The van der Waals surface area contributed by atoms with Crippen LogP contribution in [0.5, 0.6) is 0 Å². The number of aromatic nitrogens is 4. The van der Waals surface area contributed by atoms with Crippen molar-refractivity contribution in [2.75, 3.05) is 0 Å². The predicted molar refractivity (Wildman–Crippen MR) is 146 cm³/mol. The first-order valence-corrected chi connectivity index (χ1v) is 12.7. The summed E-state index contributed by atoms with van der Waals surface area (Å²) >= 11 is 0. The minimum atomic E-state index is -4.73. The molecule has 2 aliphatic rings. The maximum absolute atomic E-state index is 14.7. The van der Waals surface area contributed by atoms with Crippen molar-refractivity contribution in [3.63, 3.8) is 0 Å². The first-order valence-electron chi connectivity index (χ1n) is 12.7. The number of nitrogens with one attached hydrogen (secondary N) is 2. The number of aryl methyl sites for hydroxylation is 4. The van der Waals surface area contributed by atoms with Crippen molar-refractivity contribution in [2.24, 2.45) is 0 Å². The van der Waals surface area contributed by atoms with Gasteiger partial charge in [-0.05, 0) is 112 Å². The third kappa shape index (κ3) is 4.07. The molecule has 0 radical (unpaired) electrons. The van der Waals surface area contributed by atoms with E-state index in [1.54, 1.807) is 61.5 Å². The van der Waals surface area contributed by atoms with E-state index in [0.29, 0.717) is 55.6 Å². The van der Waals surface area contributed by atoms with E-state index >= 15 is 0 Å². The average molecular weight is 559 g/mol. The molecule has 3 aromatic heterocycles. The second-order valence-electron chi connectivity index (χ2n) is 10.6. The van der Waals surface area contributed by atoms with E-state index in [4.69, 9.17) is 0 Å². The molecule has 0 saturated carbocycles. The summed E-state index contributed by atoms with van der Waals surface area (Å²) < 4.78 is 88.2. The van der Waals surface area contributed by atoms with Gasteiger partial charge in [-0.2, -0.15) is 26.3 Å². The fourth-order valence-corrected chi connectivity index (χ4v) is 5.36. The summed E-state index contributed by atoms with van der Waals surface area (Å²) in [6, 6.07) is 3.03. The minimum Gasteiger partial charge on any atom is -0.354 e. The Bertz CT molecular complexity index is 1710. The summed E-state index contributed by atoms with van der Waals surface area (Å²) in [5.41, 5.74) is 2.22. The topological polar surface area (TPSA) is 57.4 Å². The first-order chi connectivity index (χ1) is 18.4. The van der Waals surface area contributed by atoms with Crippen LogP contribution >= 0.6 is 0 Å². The van der Waals surface area contributed by atoms with Gasteiger partial charge in [0.15, 0.2) is 0 Å². The van der Waals surface area contributed by atoms with Crippen molar-refractivity contribution >= 4 is 44.4 Å². The van der Waals surface area contributed by atoms with Crippen molar-refractivity contribution in [3.05, 3.63) is 68.3 Å². The van der Waals surface area contributed by atoms with Crippen molar-refractivity contribution in [3.8, 4) is 0 Å². The van der Waals surface area contributed by atoms with Crippen LogP contribution in [0.4, 0.5) is 26.3 Å². The van der Waals surface area contributed by atoms with Gasteiger partial charge in [-0.3, -0.25) is 0 Å². The molecule has 40 heavy (non-hydrogen) atoms. The molecule has 0 aromatic carbocycles. The highest BCUT2D eigenvalue weighted by atomic mass is 19.4. The maximum Gasteiger partial charge on any atom is 0.420 e. The van der Waals surface area contributed by atoms with Crippen LogP contribution in [0.2, 0.25) is 0 Å². The molecule has 2 N–H and O–H groups in total. The highest BCUT2D eigenvalue weighted by molar-refractivity contribution is 5.96. The fraction of sp³-hybridized carbons (Fsp3) is 0.333. The largest absolute Gasteiger partial charge is 0.420 e. The SMILES string of the molecule is CC1=C(C)c2nc1cc1nc(c(C(F)(F)F)c3[nH]c(cc4[nH]c(c(C)c4C)c2C(F)(F)F)c(C)c3C)C(C)=C1C. The number of hydrogen-bond acceptors (Lipinski definition) is 2. The molecule has 10 heteroatoms. The van der Waals surface area contributed by atoms with Crippen LogP contribution in [0.25, 0.3) is 44.4 Å². The lowest BCUT2D eigenvalue weighted by Crippen LogP contribution is -2.09. The van der Waals surface area contributed by atoms with E-state index in [2.05, 4.69) is 19.9 Å². The quantitative estimate of drug-likeness (QED) is 0.270. The van der Waals surface area contributed by atoms with Gasteiger partial charge in [0.2, 0.25) is 0 Å². The van der Waals surface area contributed by atoms with Crippen LogP contribution < -0.4 is 0 Å². The smallest absolute Gasteiger partial charge is 0.354 e. The van der Waals surface area contributed by atoms with Gasteiger partial charge in [0.05, 0.1) is 33.8 Å². The number of H-pyrrole nitrogens is 2. The molecule has 4 nitrogen and oxygen atoms in total. The summed E-state index contributed by atoms with van der Waals surface area (Å²) in [7, 11) is 0. The molecule has 3 aromatic rings. The molecule has 0 aliphatic carbocycles. The number of hydrogen-bond donors (Lipinski definition) is 2. The lowest BCUT2D eigenvalue weighted by atomic mass is 10.0. The Labute approximate surface area is 226 Å². The van der Waals surface area contributed by atoms with Crippen molar-refractivity contribution in [2.45, 2.75) is 67.7 Å². The van der Waals surface area contributed by atoms with E-state index in [0.717, 1.165) is 0 Å². The number of rotatable bonds is 0. The van der Waals surface area contributed by atoms with Crippen LogP contribution in [0, 0.1) is 27.7 Å². The number of alkyl halides is 6. The monoisotopic (exact) mass is 558 g/mol. The molecule has 210 valence electrons. The third-order valence-electron chi connectivity index (χ3n) is 8.37. The van der Waals surface area contributed by atoms with Crippen LogP contribution in [0.3, 0.4) is 0 Å². The van der Waals surface area contributed by atoms with Gasteiger partial charge < -0.3 is 9.97 Å². The van der Waals surface area contributed by atoms with Gasteiger partial charge in [0, 0.05) is 11.0 Å². The van der Waals surface area contributed by atoms with E-state index in [9.17, 15) is 26.3 Å². The molecule has 0 unspecified atom stereocenters. The normalized spacial score (nSPS) is 14.6. The molecule has 8 bridgehead atoms. The average Bonchev–Trinajstić information content (AvgIpc) is 3.47. The lowest BCUT2D eigenvalue weighted by molar-refractivity contribution is -0.137. The first kappa shape index (κ1) is 27.7. The van der Waals surface area contributed by atoms with Crippen molar-refractivity contribution in [1.82, 2.24) is 19.9 Å². The zero-order valence-corrected chi connectivity index (χ0v) is 23.3. The molecular weight excluding hydrogens is 530 g/mol. The van der Waals surface area contributed by atoms with Crippen LogP contribution in [0.15, 0.2) is 12.1 Å². The Morgan fingerprint density at radius 1 is 0.500 bits per heavy atom. The molecule has 0 fully saturated rings. The van der Waals surface area contributed by atoms with Gasteiger partial charge in [-0.1, -0.05) is 0 Å². The van der Waals surface area contributed by atoms with Crippen LogP contribution in [0.1, 0.15) is 83.9 Å². The van der Waals surface area contributed by atoms with E-state index in [1.165, 1.54) is 6.07 Å². The van der Waals surface area contributed by atoms with Crippen LogP contribution in [-0.4, -0.2) is 19.9 Å². The van der Waals surface area contributed by atoms with Crippen molar-refractivity contribution in [1.29, 1.82) is 0 Å². The molecule has 0 atom stereocenters. The zero-order chi connectivity index (χ0) is 29.6. The number of allylic oxidation sites excluding steroid dienone is 4. The van der Waals surface area contributed by atoms with Crippen molar-refractivity contribution < 1.29 is 26.3 Å². The maximum atomic E-state index is 14.7. The second kappa shape index (κ2) is 8.84. The van der Waals surface area contributed by atoms with Gasteiger partial charge in [0.1, 0.15) is 11.1 Å². The second-order valence-corrected chi connectivity index (χ2v) is 10.6. The Hall–Kier alpha value is -3.82. The molecule has 0 amide bonds. The minimum absolute atomic E-state index is 0.125. The molecular formula is C30H28F6N4. The summed E-state index contributed by atoms with van der Waals surface area (Å²) in [4.78, 5) is 14.6. The Balaban J connectivity index is 2.14. The molecule has 5 rings (SSSR count). The Morgan fingerprint density at radius 2 is 0.850 bits per heavy atom. The number of nitrogens with zero attached hydrogens (tertiary/aromatic N) is 2. The third-order valence-corrected chi connectivity index (χ3v) is 8.37. The summed E-state index contributed by atoms with van der Waals surface area (Å²) in [6.07, 6.45) is -9.47. The standard InChI is InChI=1S/C30H28F6N4/c1-11-15(5)25-23(29(31,32)33)26-17(7)13(3)21(39-26)10-22-14(4)18(8)28(40-22)24(30(34,35)36)27-16(6)12(2)20(38-27)9-19(11)37-25/h9-10,37-38H,1-8H3. The molecule has 0 saturated heterocycles. The summed E-state index contributed by atoms with van der Waals surface area (Å²) in [5.74, 6) is 0. The highest BCUT2D eigenvalue weighted by Gasteiger charge is 2.40. The molecule has 2 aliphatic heterocycles. The van der Waals surface area contributed by atoms with Gasteiger partial charge in [-0.15, -0.1) is 0 Å². The number of aromatic amines is 2. The van der Waals surface area contributed by atoms with E-state index in [1.807, 2.05) is 0 Å². The highest BCUT2D eigenvalue weighted by Crippen LogP contribution is 2.44.